The van der Waals surface area contributed by atoms with Crippen LogP contribution in [0.25, 0.3) is 0 Å². The van der Waals surface area contributed by atoms with Gasteiger partial charge < -0.3 is 16.0 Å². The third kappa shape index (κ3) is 6.81. The number of piperidine rings is 1. The molecule has 0 aliphatic carbocycles. The summed E-state index contributed by atoms with van der Waals surface area (Å²) in [6.45, 7) is 4.41. The predicted octanol–water partition coefficient (Wildman–Crippen LogP) is 0.865. The molecular weight excluding hydrogens is 298 g/mol. The number of thioether (sulfide) groups is 1. The van der Waals surface area contributed by atoms with Crippen LogP contribution >= 0.6 is 24.2 Å². The third-order valence-corrected chi connectivity index (χ3v) is 4.31. The van der Waals surface area contributed by atoms with Crippen LogP contribution in [0.15, 0.2) is 0 Å². The number of likely N-dealkylation sites (tertiary alicyclic amines) is 1. The number of carbonyl (C=O) groups is 2. The van der Waals surface area contributed by atoms with Crippen LogP contribution < -0.4 is 11.1 Å². The Bertz CT molecular complexity index is 305. The Labute approximate surface area is 131 Å². The lowest BCUT2D eigenvalue weighted by Crippen LogP contribution is -2.46. The van der Waals surface area contributed by atoms with Crippen molar-refractivity contribution >= 4 is 36.0 Å². The number of hydrogen-bond donors (Lipinski definition) is 2. The standard InChI is InChI=1S/C13H25N3O2S.ClH/c1-2-8-19-10-12(17)16-7-3-4-11(9-16)13(18)15-6-5-14;/h11H,2-10,14H2,1H3,(H,15,18);1H. The first kappa shape index (κ1) is 19.5. The molecule has 1 rings (SSSR count). The lowest BCUT2D eigenvalue weighted by molar-refractivity contribution is -0.133. The molecule has 1 aliphatic heterocycles. The lowest BCUT2D eigenvalue weighted by atomic mass is 9.97. The van der Waals surface area contributed by atoms with Crippen molar-refractivity contribution in [1.29, 1.82) is 0 Å². The zero-order valence-electron chi connectivity index (χ0n) is 12.1. The number of carbonyl (C=O) groups excluding carboxylic acids is 2. The summed E-state index contributed by atoms with van der Waals surface area (Å²) < 4.78 is 0. The van der Waals surface area contributed by atoms with E-state index < -0.39 is 0 Å². The summed E-state index contributed by atoms with van der Waals surface area (Å²) in [6.07, 6.45) is 2.86. The number of hydrogen-bond acceptors (Lipinski definition) is 4. The number of nitrogens with two attached hydrogens (primary N) is 1. The second-order valence-electron chi connectivity index (χ2n) is 4.81. The summed E-state index contributed by atoms with van der Waals surface area (Å²) in [7, 11) is 0. The molecule has 20 heavy (non-hydrogen) atoms. The normalized spacial score (nSPS) is 18.3. The molecule has 0 aromatic heterocycles. The summed E-state index contributed by atoms with van der Waals surface area (Å²) in [5, 5.41) is 2.81. The van der Waals surface area contributed by atoms with E-state index in [4.69, 9.17) is 5.73 Å². The van der Waals surface area contributed by atoms with Crippen molar-refractivity contribution in [3.63, 3.8) is 0 Å². The van der Waals surface area contributed by atoms with Gasteiger partial charge in [0.2, 0.25) is 11.8 Å². The van der Waals surface area contributed by atoms with Crippen LogP contribution in [0.5, 0.6) is 0 Å². The van der Waals surface area contributed by atoms with E-state index in [1.807, 2.05) is 4.90 Å². The second-order valence-corrected chi connectivity index (χ2v) is 5.92. The van der Waals surface area contributed by atoms with E-state index in [-0.39, 0.29) is 30.1 Å². The van der Waals surface area contributed by atoms with Crippen LogP contribution in [0, 0.1) is 5.92 Å². The van der Waals surface area contributed by atoms with Gasteiger partial charge in [-0.2, -0.15) is 11.8 Å². The molecule has 1 atom stereocenters. The quantitative estimate of drug-likeness (QED) is 0.682. The molecule has 0 aromatic rings. The maximum Gasteiger partial charge on any atom is 0.232 e. The summed E-state index contributed by atoms with van der Waals surface area (Å²) in [4.78, 5) is 25.7. The van der Waals surface area contributed by atoms with E-state index in [1.54, 1.807) is 11.8 Å². The van der Waals surface area contributed by atoms with Crippen LogP contribution in [0.3, 0.4) is 0 Å². The van der Waals surface area contributed by atoms with Gasteiger partial charge in [0.25, 0.3) is 0 Å². The number of halogens is 1. The minimum atomic E-state index is -0.0691. The summed E-state index contributed by atoms with van der Waals surface area (Å²) >= 11 is 1.67. The van der Waals surface area contributed by atoms with Gasteiger partial charge in [-0.25, -0.2) is 0 Å². The highest BCUT2D eigenvalue weighted by Gasteiger charge is 2.27. The van der Waals surface area contributed by atoms with E-state index in [0.29, 0.717) is 25.4 Å². The molecule has 1 heterocycles. The number of nitrogens with one attached hydrogen (secondary N) is 1. The van der Waals surface area contributed by atoms with Crippen molar-refractivity contribution in [2.45, 2.75) is 26.2 Å². The molecule has 2 amide bonds. The van der Waals surface area contributed by atoms with Gasteiger partial charge in [-0.05, 0) is 25.0 Å². The fourth-order valence-corrected chi connectivity index (χ4v) is 2.94. The van der Waals surface area contributed by atoms with Gasteiger partial charge >= 0.3 is 0 Å². The van der Waals surface area contributed by atoms with Gasteiger partial charge in [0.15, 0.2) is 0 Å². The van der Waals surface area contributed by atoms with E-state index in [2.05, 4.69) is 12.2 Å². The summed E-state index contributed by atoms with van der Waals surface area (Å²) in [5.41, 5.74) is 5.37. The predicted molar refractivity (Wildman–Crippen MR) is 86.2 cm³/mol. The van der Waals surface area contributed by atoms with E-state index >= 15 is 0 Å². The maximum atomic E-state index is 12.0. The molecule has 1 aliphatic rings. The SMILES string of the molecule is CCCSCC(=O)N1CCCC(C(=O)NCCN)C1.Cl. The molecule has 5 nitrogen and oxygen atoms in total. The molecule has 0 aromatic carbocycles. The molecule has 118 valence electrons. The van der Waals surface area contributed by atoms with Gasteiger partial charge in [0.05, 0.1) is 11.7 Å². The summed E-state index contributed by atoms with van der Waals surface area (Å²) in [6, 6.07) is 0. The first-order valence-corrected chi connectivity index (χ1v) is 8.17. The monoisotopic (exact) mass is 323 g/mol. The van der Waals surface area contributed by atoms with Crippen LogP contribution in [0.2, 0.25) is 0 Å². The van der Waals surface area contributed by atoms with Gasteiger partial charge in [0.1, 0.15) is 0 Å². The highest BCUT2D eigenvalue weighted by molar-refractivity contribution is 7.99. The van der Waals surface area contributed by atoms with Crippen LogP contribution in [-0.2, 0) is 9.59 Å². The molecule has 7 heteroatoms. The van der Waals surface area contributed by atoms with Crippen molar-refractivity contribution in [2.24, 2.45) is 11.7 Å². The first-order valence-electron chi connectivity index (χ1n) is 7.02. The Morgan fingerprint density at radius 2 is 2.20 bits per heavy atom. The zero-order chi connectivity index (χ0) is 14.1. The largest absolute Gasteiger partial charge is 0.355 e. The smallest absolute Gasteiger partial charge is 0.232 e. The summed E-state index contributed by atoms with van der Waals surface area (Å²) in [5.74, 6) is 1.67. The average Bonchev–Trinajstić information content (AvgIpc) is 2.45. The minimum Gasteiger partial charge on any atom is -0.355 e. The molecule has 0 spiro atoms. The number of nitrogens with zero attached hydrogens (tertiary/aromatic N) is 1. The molecule has 0 radical (unpaired) electrons. The first-order chi connectivity index (χ1) is 9.19. The van der Waals surface area contributed by atoms with Crippen molar-refractivity contribution in [2.75, 3.05) is 37.7 Å². The van der Waals surface area contributed by atoms with Gasteiger partial charge in [-0.3, -0.25) is 9.59 Å². The molecule has 0 bridgehead atoms. The number of rotatable bonds is 7. The average molecular weight is 324 g/mol. The Hall–Kier alpha value is -0.460. The molecule has 1 fully saturated rings. The number of amides is 2. The Balaban J connectivity index is 0.00000361. The Kier molecular flexibility index (Phi) is 11.0. The van der Waals surface area contributed by atoms with Crippen LogP contribution in [-0.4, -0.2) is 54.4 Å². The van der Waals surface area contributed by atoms with Crippen molar-refractivity contribution in [3.8, 4) is 0 Å². The van der Waals surface area contributed by atoms with Crippen molar-refractivity contribution in [1.82, 2.24) is 10.2 Å². The van der Waals surface area contributed by atoms with Gasteiger partial charge in [0, 0.05) is 26.2 Å². The molecule has 1 saturated heterocycles. The Morgan fingerprint density at radius 3 is 2.85 bits per heavy atom. The maximum absolute atomic E-state index is 12.0. The second kappa shape index (κ2) is 11.2. The lowest BCUT2D eigenvalue weighted by Gasteiger charge is -2.32. The molecule has 3 N–H and O–H groups in total. The van der Waals surface area contributed by atoms with Gasteiger partial charge in [-0.15, -0.1) is 12.4 Å². The highest BCUT2D eigenvalue weighted by atomic mass is 35.5. The zero-order valence-corrected chi connectivity index (χ0v) is 13.7. The van der Waals surface area contributed by atoms with Crippen molar-refractivity contribution < 1.29 is 9.59 Å². The third-order valence-electron chi connectivity index (χ3n) is 3.16. The molecule has 0 saturated carbocycles. The molecule has 1 unspecified atom stereocenters. The van der Waals surface area contributed by atoms with Crippen LogP contribution in [0.4, 0.5) is 0 Å². The van der Waals surface area contributed by atoms with E-state index in [9.17, 15) is 9.59 Å². The van der Waals surface area contributed by atoms with Crippen molar-refractivity contribution in [3.05, 3.63) is 0 Å². The highest BCUT2D eigenvalue weighted by Crippen LogP contribution is 2.17. The minimum absolute atomic E-state index is 0. The molecular formula is C13H26ClN3O2S. The van der Waals surface area contributed by atoms with E-state index in [1.165, 1.54) is 0 Å². The topological polar surface area (TPSA) is 75.4 Å². The fraction of sp³-hybridized carbons (Fsp3) is 0.846. The fourth-order valence-electron chi connectivity index (χ4n) is 2.15. The Morgan fingerprint density at radius 1 is 1.45 bits per heavy atom. The van der Waals surface area contributed by atoms with Crippen LogP contribution in [0.1, 0.15) is 26.2 Å². The van der Waals surface area contributed by atoms with E-state index in [0.717, 1.165) is 31.6 Å². The van der Waals surface area contributed by atoms with Gasteiger partial charge in [-0.1, -0.05) is 6.92 Å².